The first-order valence-electron chi connectivity index (χ1n) is 9.47. The van der Waals surface area contributed by atoms with Crippen molar-refractivity contribution < 1.29 is 9.53 Å². The molecule has 0 fully saturated rings. The van der Waals surface area contributed by atoms with Gasteiger partial charge in [0.25, 0.3) is 17.2 Å². The molecule has 2 N–H and O–H groups in total. The van der Waals surface area contributed by atoms with Crippen molar-refractivity contribution in [2.24, 2.45) is 0 Å². The molecule has 0 radical (unpaired) electrons. The number of nitrogens with one attached hydrogen (secondary N) is 2. The Balaban J connectivity index is 1.40. The number of carbonyl (C=O) groups excluding carboxylic acids is 1. The standard InChI is InChI=1S/C22H18N6O3/c1-14-8-20(29)28-22(25-14)26-19(27-28)12-24-21(30)17-6-2-5-16(9-17)13-31-18-7-3-4-15(10-18)11-23/h2-10H,12-13H2,1H3,(H,24,30)(H,25,26,27). The van der Waals surface area contributed by atoms with Crippen LogP contribution in [0.15, 0.2) is 59.4 Å². The molecule has 0 aliphatic carbocycles. The zero-order chi connectivity index (χ0) is 21.8. The maximum atomic E-state index is 12.6. The summed E-state index contributed by atoms with van der Waals surface area (Å²) in [7, 11) is 0. The first kappa shape index (κ1) is 19.8. The van der Waals surface area contributed by atoms with E-state index in [9.17, 15) is 9.59 Å². The fourth-order valence-electron chi connectivity index (χ4n) is 3.01. The van der Waals surface area contributed by atoms with E-state index >= 15 is 0 Å². The summed E-state index contributed by atoms with van der Waals surface area (Å²) in [6.07, 6.45) is 0. The minimum atomic E-state index is -0.287. The SMILES string of the molecule is Cc1cc(=O)n2[nH]c(CNC(=O)c3cccc(COc4cccc(C#N)c4)c3)nc2n1. The summed E-state index contributed by atoms with van der Waals surface area (Å²) in [4.78, 5) is 32.9. The second kappa shape index (κ2) is 8.51. The van der Waals surface area contributed by atoms with Gasteiger partial charge in [-0.2, -0.15) is 14.8 Å². The molecule has 0 aliphatic heterocycles. The number of aryl methyl sites for hydroxylation is 1. The molecule has 0 atom stereocenters. The van der Waals surface area contributed by atoms with Crippen molar-refractivity contribution in [3.8, 4) is 11.8 Å². The van der Waals surface area contributed by atoms with E-state index in [1.807, 2.05) is 6.07 Å². The fraction of sp³-hybridized carbons (Fsp3) is 0.136. The highest BCUT2D eigenvalue weighted by molar-refractivity contribution is 5.94. The minimum absolute atomic E-state index is 0.113. The van der Waals surface area contributed by atoms with Crippen molar-refractivity contribution >= 4 is 11.7 Å². The van der Waals surface area contributed by atoms with Gasteiger partial charge >= 0.3 is 0 Å². The van der Waals surface area contributed by atoms with Crippen LogP contribution < -0.4 is 15.6 Å². The number of aromatic amines is 1. The molecule has 0 spiro atoms. The van der Waals surface area contributed by atoms with Gasteiger partial charge in [0.15, 0.2) is 0 Å². The highest BCUT2D eigenvalue weighted by Gasteiger charge is 2.10. The molecule has 9 heteroatoms. The first-order chi connectivity index (χ1) is 15.0. The van der Waals surface area contributed by atoms with Crippen LogP contribution in [0.3, 0.4) is 0 Å². The van der Waals surface area contributed by atoms with E-state index in [1.54, 1.807) is 49.4 Å². The zero-order valence-electron chi connectivity index (χ0n) is 16.6. The van der Waals surface area contributed by atoms with Crippen LogP contribution in [0.2, 0.25) is 0 Å². The van der Waals surface area contributed by atoms with Crippen LogP contribution in [0.5, 0.6) is 5.75 Å². The van der Waals surface area contributed by atoms with E-state index in [-0.39, 0.29) is 30.4 Å². The van der Waals surface area contributed by atoms with E-state index < -0.39 is 0 Å². The van der Waals surface area contributed by atoms with Crippen molar-refractivity contribution in [3.63, 3.8) is 0 Å². The molecule has 4 rings (SSSR count). The number of nitriles is 1. The van der Waals surface area contributed by atoms with E-state index in [0.717, 1.165) is 5.56 Å². The number of hydrogen-bond acceptors (Lipinski definition) is 6. The van der Waals surface area contributed by atoms with Crippen LogP contribution in [0.1, 0.15) is 33.0 Å². The lowest BCUT2D eigenvalue weighted by Gasteiger charge is -2.08. The summed E-state index contributed by atoms with van der Waals surface area (Å²) in [5.41, 5.74) is 2.11. The molecule has 0 aliphatic rings. The summed E-state index contributed by atoms with van der Waals surface area (Å²) in [5, 5.41) is 14.6. The molecular weight excluding hydrogens is 396 g/mol. The lowest BCUT2D eigenvalue weighted by Crippen LogP contribution is -2.23. The Kier molecular flexibility index (Phi) is 5.45. The number of carbonyl (C=O) groups is 1. The second-order valence-electron chi connectivity index (χ2n) is 6.85. The maximum absolute atomic E-state index is 12.6. The summed E-state index contributed by atoms with van der Waals surface area (Å²) in [5.74, 6) is 0.970. The monoisotopic (exact) mass is 414 g/mol. The average molecular weight is 414 g/mol. The number of rotatable bonds is 6. The van der Waals surface area contributed by atoms with Crippen LogP contribution >= 0.6 is 0 Å². The molecule has 0 bridgehead atoms. The number of H-pyrrole nitrogens is 1. The van der Waals surface area contributed by atoms with Crippen LogP contribution in [0, 0.1) is 18.3 Å². The third-order valence-electron chi connectivity index (χ3n) is 4.48. The van der Waals surface area contributed by atoms with Crippen LogP contribution in [0.25, 0.3) is 5.78 Å². The molecule has 1 amide bonds. The number of nitrogens with zero attached hydrogens (tertiary/aromatic N) is 4. The van der Waals surface area contributed by atoms with Gasteiger partial charge in [-0.3, -0.25) is 14.7 Å². The molecule has 4 aromatic rings. The number of benzene rings is 2. The second-order valence-corrected chi connectivity index (χ2v) is 6.85. The number of amides is 1. The highest BCUT2D eigenvalue weighted by Crippen LogP contribution is 2.15. The molecular formula is C22H18N6O3. The fourth-order valence-corrected chi connectivity index (χ4v) is 3.01. The average Bonchev–Trinajstić information content (AvgIpc) is 3.19. The first-order valence-corrected chi connectivity index (χ1v) is 9.47. The quantitative estimate of drug-likeness (QED) is 0.498. The molecule has 31 heavy (non-hydrogen) atoms. The smallest absolute Gasteiger partial charge is 0.274 e. The molecule has 2 heterocycles. The van der Waals surface area contributed by atoms with Gasteiger partial charge in [-0.05, 0) is 42.8 Å². The number of hydrogen-bond donors (Lipinski definition) is 2. The lowest BCUT2D eigenvalue weighted by molar-refractivity contribution is 0.0949. The van der Waals surface area contributed by atoms with E-state index in [0.29, 0.717) is 28.4 Å². The lowest BCUT2D eigenvalue weighted by atomic mass is 10.1. The van der Waals surface area contributed by atoms with Gasteiger partial charge in [0.05, 0.1) is 18.2 Å². The molecule has 2 aromatic heterocycles. The predicted octanol–water partition coefficient (Wildman–Crippen LogP) is 2.11. The number of aromatic nitrogens is 4. The van der Waals surface area contributed by atoms with E-state index in [2.05, 4.69) is 26.5 Å². The molecule has 0 unspecified atom stereocenters. The topological polar surface area (TPSA) is 125 Å². The van der Waals surface area contributed by atoms with Crippen LogP contribution in [-0.4, -0.2) is 25.5 Å². The van der Waals surface area contributed by atoms with E-state index in [4.69, 9.17) is 10.00 Å². The molecule has 0 saturated heterocycles. The van der Waals surface area contributed by atoms with Crippen molar-refractivity contribution in [2.75, 3.05) is 0 Å². The Hall–Kier alpha value is -4.45. The Morgan fingerprint density at radius 2 is 2.03 bits per heavy atom. The number of ether oxygens (including phenoxy) is 1. The van der Waals surface area contributed by atoms with Crippen molar-refractivity contribution in [1.29, 1.82) is 5.26 Å². The third-order valence-corrected chi connectivity index (χ3v) is 4.48. The normalized spacial score (nSPS) is 10.6. The Morgan fingerprint density at radius 3 is 2.87 bits per heavy atom. The minimum Gasteiger partial charge on any atom is -0.489 e. The van der Waals surface area contributed by atoms with Crippen LogP contribution in [-0.2, 0) is 13.2 Å². The third kappa shape index (κ3) is 4.59. The maximum Gasteiger partial charge on any atom is 0.274 e. The Labute approximate surface area is 176 Å². The largest absolute Gasteiger partial charge is 0.489 e. The summed E-state index contributed by atoms with van der Waals surface area (Å²) in [6.45, 7) is 2.09. The van der Waals surface area contributed by atoms with Crippen molar-refractivity contribution in [3.05, 3.63) is 93.2 Å². The highest BCUT2D eigenvalue weighted by atomic mass is 16.5. The van der Waals surface area contributed by atoms with Gasteiger partial charge in [-0.1, -0.05) is 18.2 Å². The van der Waals surface area contributed by atoms with Gasteiger partial charge in [0, 0.05) is 17.3 Å². The summed E-state index contributed by atoms with van der Waals surface area (Å²) in [6, 6.07) is 17.4. The molecule has 0 saturated carbocycles. The number of fused-ring (bicyclic) bond motifs is 1. The van der Waals surface area contributed by atoms with Gasteiger partial charge in [0.2, 0.25) is 0 Å². The predicted molar refractivity (Wildman–Crippen MR) is 111 cm³/mol. The Morgan fingerprint density at radius 1 is 1.19 bits per heavy atom. The van der Waals surface area contributed by atoms with Gasteiger partial charge in [-0.15, -0.1) is 0 Å². The summed E-state index contributed by atoms with van der Waals surface area (Å²) < 4.78 is 6.95. The van der Waals surface area contributed by atoms with E-state index in [1.165, 1.54) is 10.6 Å². The van der Waals surface area contributed by atoms with Crippen molar-refractivity contribution in [2.45, 2.75) is 20.1 Å². The van der Waals surface area contributed by atoms with Crippen molar-refractivity contribution in [1.82, 2.24) is 24.9 Å². The Bertz CT molecular complexity index is 1370. The van der Waals surface area contributed by atoms with Gasteiger partial charge in [-0.25, -0.2) is 4.98 Å². The van der Waals surface area contributed by atoms with Gasteiger partial charge in [0.1, 0.15) is 18.2 Å². The van der Waals surface area contributed by atoms with Gasteiger partial charge < -0.3 is 10.1 Å². The summed E-state index contributed by atoms with van der Waals surface area (Å²) >= 11 is 0. The molecule has 2 aromatic carbocycles. The zero-order valence-corrected chi connectivity index (χ0v) is 16.6. The molecule has 9 nitrogen and oxygen atoms in total. The molecule has 154 valence electrons. The van der Waals surface area contributed by atoms with Crippen LogP contribution in [0.4, 0.5) is 0 Å².